The van der Waals surface area contributed by atoms with E-state index in [1.165, 1.54) is 12.4 Å². The summed E-state index contributed by atoms with van der Waals surface area (Å²) in [5, 5.41) is 5.31. The molecule has 5 rings (SSSR count). The minimum absolute atomic E-state index is 0.0988. The summed E-state index contributed by atoms with van der Waals surface area (Å²) in [5.41, 5.74) is 7.14. The minimum atomic E-state index is -0.580. The van der Waals surface area contributed by atoms with Gasteiger partial charge in [-0.05, 0) is 57.5 Å². The number of hydrogen-bond donors (Lipinski definition) is 1. The molecule has 1 saturated heterocycles. The number of para-hydroxylation sites is 1. The topological polar surface area (TPSA) is 108 Å². The van der Waals surface area contributed by atoms with Crippen LogP contribution in [0.4, 0.5) is 15.0 Å². The van der Waals surface area contributed by atoms with Crippen LogP contribution in [0.1, 0.15) is 33.2 Å². The number of fused-ring (bicyclic) bond motifs is 1. The lowest BCUT2D eigenvalue weighted by Gasteiger charge is -2.24. The Balaban J connectivity index is 1.47. The average Bonchev–Trinajstić information content (AvgIpc) is 3.46. The van der Waals surface area contributed by atoms with E-state index in [1.807, 2.05) is 39.0 Å². The van der Waals surface area contributed by atoms with E-state index in [0.29, 0.717) is 47.6 Å². The molecule has 0 aliphatic carbocycles. The minimum Gasteiger partial charge on any atom is -0.454 e. The van der Waals surface area contributed by atoms with Crippen LogP contribution < -0.4 is 10.5 Å². The van der Waals surface area contributed by atoms with E-state index in [9.17, 15) is 4.79 Å². The maximum atomic E-state index is 15.0. The van der Waals surface area contributed by atoms with Crippen LogP contribution in [0.2, 0.25) is 0 Å². The third kappa shape index (κ3) is 4.66. The number of carbonyl (C=O) groups is 1. The van der Waals surface area contributed by atoms with Crippen LogP contribution in [0.15, 0.2) is 54.9 Å². The predicted octanol–water partition coefficient (Wildman–Crippen LogP) is 5.19. The Hall–Kier alpha value is -4.21. The number of ether oxygens (including phenoxy) is 2. The van der Waals surface area contributed by atoms with Crippen molar-refractivity contribution in [2.75, 3.05) is 18.8 Å². The summed E-state index contributed by atoms with van der Waals surface area (Å²) >= 11 is 0. The van der Waals surface area contributed by atoms with Crippen LogP contribution in [0, 0.1) is 5.82 Å². The predicted molar refractivity (Wildman–Crippen MR) is 133 cm³/mol. The SMILES string of the molecule is CC(C)(C)OC(=O)N1CCC(n2nc(-c3ccc(Oc4ccccc4)c(F)c3)c3c(N)ncnc32)C1. The lowest BCUT2D eigenvalue weighted by Crippen LogP contribution is -2.35. The molecule has 1 atom stereocenters. The molecule has 3 heterocycles. The zero-order chi connectivity index (χ0) is 25.4. The van der Waals surface area contributed by atoms with E-state index >= 15 is 4.39 Å². The first-order valence-corrected chi connectivity index (χ1v) is 11.7. The molecule has 1 aliphatic rings. The number of nitrogen functional groups attached to an aromatic ring is 1. The van der Waals surface area contributed by atoms with Crippen LogP contribution >= 0.6 is 0 Å². The second kappa shape index (κ2) is 9.10. The molecular weight excluding hydrogens is 463 g/mol. The van der Waals surface area contributed by atoms with E-state index in [0.717, 1.165) is 0 Å². The Labute approximate surface area is 207 Å². The molecular formula is C26H27FN6O3. The van der Waals surface area contributed by atoms with E-state index in [2.05, 4.69) is 9.97 Å². The van der Waals surface area contributed by atoms with Crippen molar-refractivity contribution in [1.29, 1.82) is 0 Å². The van der Waals surface area contributed by atoms with Crippen LogP contribution in [-0.4, -0.2) is 49.4 Å². The summed E-state index contributed by atoms with van der Waals surface area (Å²) in [4.78, 5) is 22.8. The Bertz CT molecular complexity index is 1420. The average molecular weight is 491 g/mol. The Morgan fingerprint density at radius 2 is 1.92 bits per heavy atom. The fourth-order valence-electron chi connectivity index (χ4n) is 4.23. The van der Waals surface area contributed by atoms with Crippen molar-refractivity contribution in [2.45, 2.75) is 38.8 Å². The molecule has 0 radical (unpaired) electrons. The van der Waals surface area contributed by atoms with Crippen molar-refractivity contribution in [3.63, 3.8) is 0 Å². The third-order valence-corrected chi connectivity index (χ3v) is 5.86. The fourth-order valence-corrected chi connectivity index (χ4v) is 4.23. The lowest BCUT2D eigenvalue weighted by atomic mass is 10.1. The number of anilines is 1. The van der Waals surface area contributed by atoms with Crippen LogP contribution in [0.3, 0.4) is 0 Å². The number of halogens is 1. The molecule has 2 aromatic heterocycles. The molecule has 0 saturated carbocycles. The fraction of sp³-hybridized carbons (Fsp3) is 0.308. The van der Waals surface area contributed by atoms with Gasteiger partial charge in [-0.1, -0.05) is 18.2 Å². The number of hydrogen-bond acceptors (Lipinski definition) is 7. The largest absolute Gasteiger partial charge is 0.454 e. The molecule has 0 spiro atoms. The number of carbonyl (C=O) groups excluding carboxylic acids is 1. The normalized spacial score (nSPS) is 15.9. The van der Waals surface area contributed by atoms with Crippen LogP contribution in [-0.2, 0) is 4.74 Å². The number of amides is 1. The van der Waals surface area contributed by atoms with Gasteiger partial charge in [0.1, 0.15) is 29.2 Å². The highest BCUT2D eigenvalue weighted by molar-refractivity contribution is 5.98. The monoisotopic (exact) mass is 490 g/mol. The van der Waals surface area contributed by atoms with Crippen molar-refractivity contribution in [3.8, 4) is 22.8 Å². The first-order valence-electron chi connectivity index (χ1n) is 11.7. The quantitative estimate of drug-likeness (QED) is 0.419. The Morgan fingerprint density at radius 1 is 1.14 bits per heavy atom. The van der Waals surface area contributed by atoms with Crippen LogP contribution in [0.25, 0.3) is 22.3 Å². The molecule has 186 valence electrons. The summed E-state index contributed by atoms with van der Waals surface area (Å²) in [6, 6.07) is 13.5. The molecule has 2 aromatic carbocycles. The highest BCUT2D eigenvalue weighted by atomic mass is 19.1. The number of nitrogens with zero attached hydrogens (tertiary/aromatic N) is 5. The maximum Gasteiger partial charge on any atom is 0.410 e. The van der Waals surface area contributed by atoms with Gasteiger partial charge in [0.2, 0.25) is 0 Å². The van der Waals surface area contributed by atoms with E-state index in [-0.39, 0.29) is 23.7 Å². The van der Waals surface area contributed by atoms with Crippen LogP contribution in [0.5, 0.6) is 11.5 Å². The maximum absolute atomic E-state index is 15.0. The lowest BCUT2D eigenvalue weighted by molar-refractivity contribution is 0.0288. The summed E-state index contributed by atoms with van der Waals surface area (Å²) in [6.45, 7) is 6.44. The molecule has 0 bridgehead atoms. The van der Waals surface area contributed by atoms with Crippen molar-refractivity contribution >= 4 is 22.9 Å². The number of likely N-dealkylation sites (tertiary alicyclic amines) is 1. The summed E-state index contributed by atoms with van der Waals surface area (Å²) < 4.78 is 28.0. The molecule has 36 heavy (non-hydrogen) atoms. The second-order valence-corrected chi connectivity index (χ2v) is 9.68. The molecule has 4 aromatic rings. The molecule has 10 heteroatoms. The van der Waals surface area contributed by atoms with Gasteiger partial charge in [-0.15, -0.1) is 0 Å². The first kappa shape index (κ1) is 23.5. The third-order valence-electron chi connectivity index (χ3n) is 5.86. The number of nitrogens with two attached hydrogens (primary N) is 1. The van der Waals surface area contributed by atoms with Gasteiger partial charge in [-0.25, -0.2) is 23.8 Å². The first-order chi connectivity index (χ1) is 17.2. The zero-order valence-corrected chi connectivity index (χ0v) is 20.3. The van der Waals surface area contributed by atoms with Crippen molar-refractivity contribution < 1.29 is 18.7 Å². The molecule has 1 aliphatic heterocycles. The number of benzene rings is 2. The van der Waals surface area contributed by atoms with Gasteiger partial charge in [0.15, 0.2) is 17.2 Å². The van der Waals surface area contributed by atoms with Gasteiger partial charge < -0.3 is 20.1 Å². The van der Waals surface area contributed by atoms with Crippen molar-refractivity contribution in [2.24, 2.45) is 0 Å². The molecule has 1 fully saturated rings. The molecule has 2 N–H and O–H groups in total. The van der Waals surface area contributed by atoms with Gasteiger partial charge in [0.25, 0.3) is 0 Å². The molecule has 1 amide bonds. The zero-order valence-electron chi connectivity index (χ0n) is 20.3. The van der Waals surface area contributed by atoms with Gasteiger partial charge in [0, 0.05) is 18.7 Å². The van der Waals surface area contributed by atoms with E-state index < -0.39 is 11.4 Å². The highest BCUT2D eigenvalue weighted by Crippen LogP contribution is 2.36. The summed E-state index contributed by atoms with van der Waals surface area (Å²) in [6.07, 6.45) is 1.67. The molecule has 9 nitrogen and oxygen atoms in total. The number of aromatic nitrogens is 4. The Morgan fingerprint density at radius 3 is 2.64 bits per heavy atom. The summed E-state index contributed by atoms with van der Waals surface area (Å²) in [7, 11) is 0. The highest BCUT2D eigenvalue weighted by Gasteiger charge is 2.33. The van der Waals surface area contributed by atoms with Gasteiger partial charge >= 0.3 is 6.09 Å². The van der Waals surface area contributed by atoms with Gasteiger partial charge in [-0.3, -0.25) is 0 Å². The van der Waals surface area contributed by atoms with Crippen molar-refractivity contribution in [1.82, 2.24) is 24.6 Å². The molecule has 1 unspecified atom stereocenters. The van der Waals surface area contributed by atoms with Crippen molar-refractivity contribution in [3.05, 3.63) is 60.7 Å². The summed E-state index contributed by atoms with van der Waals surface area (Å²) in [5.74, 6) is 0.341. The van der Waals surface area contributed by atoms with E-state index in [4.69, 9.17) is 20.3 Å². The van der Waals surface area contributed by atoms with E-state index in [1.54, 1.807) is 33.8 Å². The standard InChI is InChI=1S/C26H27FN6O3/c1-26(2,3)36-25(34)32-12-11-17(14-32)33-24-21(23(28)29-15-30-24)22(31-33)16-9-10-20(19(27)13-16)35-18-7-5-4-6-8-18/h4-10,13,15,17H,11-12,14H2,1-3H3,(H2,28,29,30). The Kier molecular flexibility index (Phi) is 5.95. The smallest absolute Gasteiger partial charge is 0.410 e. The second-order valence-electron chi connectivity index (χ2n) is 9.68. The van der Waals surface area contributed by atoms with Gasteiger partial charge in [0.05, 0.1) is 11.4 Å². The number of rotatable bonds is 4. The van der Waals surface area contributed by atoms with Gasteiger partial charge in [-0.2, -0.15) is 5.10 Å².